The molecule has 0 bridgehead atoms. The lowest BCUT2D eigenvalue weighted by atomic mass is 10.0. The summed E-state index contributed by atoms with van der Waals surface area (Å²) in [6.07, 6.45) is 4.06. The van der Waals surface area contributed by atoms with Crippen LogP contribution in [0.4, 0.5) is 0 Å². The largest absolute Gasteiger partial charge is 0.497 e. The van der Waals surface area contributed by atoms with Gasteiger partial charge in [-0.2, -0.15) is 0 Å². The monoisotopic (exact) mass is 247 g/mol. The molecule has 4 nitrogen and oxygen atoms in total. The molecule has 1 heterocycles. The summed E-state index contributed by atoms with van der Waals surface area (Å²) in [6, 6.07) is 7.43. The van der Waals surface area contributed by atoms with Crippen LogP contribution < -0.4 is 15.2 Å². The number of nitrogens with two attached hydrogens (primary N) is 1. The smallest absolute Gasteiger partial charge is 0.127 e. The lowest BCUT2D eigenvalue weighted by Crippen LogP contribution is -2.14. The summed E-state index contributed by atoms with van der Waals surface area (Å²) in [5.41, 5.74) is 8.22. The standard InChI is InChI=1S/C14H17NO3/c1-16-11-3-4-12(14(8-11)17-2)13(15)7-10-5-6-18-9-10/h3-6,8-9,13H,7,15H2,1-2H3. The summed E-state index contributed by atoms with van der Waals surface area (Å²) >= 11 is 0. The first-order valence-corrected chi connectivity index (χ1v) is 5.73. The Morgan fingerprint density at radius 3 is 2.67 bits per heavy atom. The Labute approximate surface area is 106 Å². The molecule has 0 aliphatic heterocycles. The molecule has 2 N–H and O–H groups in total. The fraction of sp³-hybridized carbons (Fsp3) is 0.286. The van der Waals surface area contributed by atoms with Crippen LogP contribution >= 0.6 is 0 Å². The maximum atomic E-state index is 6.19. The van der Waals surface area contributed by atoms with E-state index in [2.05, 4.69) is 0 Å². The molecule has 0 saturated carbocycles. The molecule has 0 aliphatic rings. The van der Waals surface area contributed by atoms with Crippen LogP contribution in [-0.4, -0.2) is 14.2 Å². The quantitative estimate of drug-likeness (QED) is 0.882. The zero-order valence-electron chi connectivity index (χ0n) is 10.6. The molecule has 4 heteroatoms. The van der Waals surface area contributed by atoms with E-state index in [1.165, 1.54) is 0 Å². The highest BCUT2D eigenvalue weighted by Gasteiger charge is 2.14. The highest BCUT2D eigenvalue weighted by atomic mass is 16.5. The summed E-state index contributed by atoms with van der Waals surface area (Å²) in [5, 5.41) is 0. The van der Waals surface area contributed by atoms with Crippen LogP contribution in [0.5, 0.6) is 11.5 Å². The average molecular weight is 247 g/mol. The number of furan rings is 1. The number of rotatable bonds is 5. The summed E-state index contributed by atoms with van der Waals surface area (Å²) in [7, 11) is 3.25. The second-order valence-corrected chi connectivity index (χ2v) is 4.05. The van der Waals surface area contributed by atoms with Gasteiger partial charge in [-0.05, 0) is 24.1 Å². The first-order chi connectivity index (χ1) is 8.74. The van der Waals surface area contributed by atoms with E-state index in [-0.39, 0.29) is 6.04 Å². The van der Waals surface area contributed by atoms with Gasteiger partial charge in [-0.25, -0.2) is 0 Å². The van der Waals surface area contributed by atoms with E-state index >= 15 is 0 Å². The summed E-state index contributed by atoms with van der Waals surface area (Å²) in [4.78, 5) is 0. The minimum absolute atomic E-state index is 0.136. The van der Waals surface area contributed by atoms with Gasteiger partial charge in [0.2, 0.25) is 0 Å². The SMILES string of the molecule is COc1ccc(C(N)Cc2ccoc2)c(OC)c1. The Morgan fingerprint density at radius 1 is 1.22 bits per heavy atom. The molecule has 1 atom stereocenters. The molecular weight excluding hydrogens is 230 g/mol. The Bertz CT molecular complexity index is 494. The molecule has 0 saturated heterocycles. The fourth-order valence-electron chi connectivity index (χ4n) is 1.90. The Kier molecular flexibility index (Phi) is 3.89. The van der Waals surface area contributed by atoms with Gasteiger partial charge < -0.3 is 19.6 Å². The summed E-state index contributed by atoms with van der Waals surface area (Å²) < 4.78 is 15.5. The van der Waals surface area contributed by atoms with Crippen LogP contribution in [0.1, 0.15) is 17.2 Å². The molecule has 0 fully saturated rings. The molecule has 1 unspecified atom stereocenters. The van der Waals surface area contributed by atoms with Crippen molar-refractivity contribution in [3.05, 3.63) is 47.9 Å². The number of hydrogen-bond donors (Lipinski definition) is 1. The van der Waals surface area contributed by atoms with Crippen molar-refractivity contribution < 1.29 is 13.9 Å². The zero-order chi connectivity index (χ0) is 13.0. The van der Waals surface area contributed by atoms with Gasteiger partial charge in [-0.1, -0.05) is 6.07 Å². The van der Waals surface area contributed by atoms with Crippen molar-refractivity contribution in [3.63, 3.8) is 0 Å². The molecule has 96 valence electrons. The van der Waals surface area contributed by atoms with Crippen LogP contribution in [0.25, 0.3) is 0 Å². The third-order valence-electron chi connectivity index (χ3n) is 2.88. The minimum atomic E-state index is -0.136. The van der Waals surface area contributed by atoms with Crippen LogP contribution in [0, 0.1) is 0 Å². The van der Waals surface area contributed by atoms with Crippen LogP contribution in [0.3, 0.4) is 0 Å². The Hall–Kier alpha value is -1.94. The van der Waals surface area contributed by atoms with Crippen molar-refractivity contribution in [1.82, 2.24) is 0 Å². The predicted molar refractivity (Wildman–Crippen MR) is 68.9 cm³/mol. The number of benzene rings is 1. The molecule has 18 heavy (non-hydrogen) atoms. The highest BCUT2D eigenvalue weighted by Crippen LogP contribution is 2.30. The van der Waals surface area contributed by atoms with Crippen molar-refractivity contribution in [2.45, 2.75) is 12.5 Å². The van der Waals surface area contributed by atoms with Crippen LogP contribution in [0.2, 0.25) is 0 Å². The first-order valence-electron chi connectivity index (χ1n) is 5.73. The second kappa shape index (κ2) is 5.60. The van der Waals surface area contributed by atoms with Crippen LogP contribution in [-0.2, 0) is 6.42 Å². The van der Waals surface area contributed by atoms with Crippen molar-refractivity contribution in [3.8, 4) is 11.5 Å². The van der Waals surface area contributed by atoms with E-state index in [0.29, 0.717) is 6.42 Å². The van der Waals surface area contributed by atoms with E-state index in [1.54, 1.807) is 26.7 Å². The summed E-state index contributed by atoms with van der Waals surface area (Å²) in [5.74, 6) is 1.50. The van der Waals surface area contributed by atoms with Gasteiger partial charge in [-0.3, -0.25) is 0 Å². The molecule has 0 spiro atoms. The topological polar surface area (TPSA) is 57.6 Å². The maximum absolute atomic E-state index is 6.19. The molecular formula is C14H17NO3. The van der Waals surface area contributed by atoms with Gasteiger partial charge in [0.25, 0.3) is 0 Å². The zero-order valence-corrected chi connectivity index (χ0v) is 10.6. The minimum Gasteiger partial charge on any atom is -0.497 e. The van der Waals surface area contributed by atoms with Gasteiger partial charge in [0.05, 0.1) is 26.7 Å². The Balaban J connectivity index is 2.21. The molecule has 2 rings (SSSR count). The third-order valence-corrected chi connectivity index (χ3v) is 2.88. The van der Waals surface area contributed by atoms with Gasteiger partial charge in [-0.15, -0.1) is 0 Å². The molecule has 1 aromatic carbocycles. The van der Waals surface area contributed by atoms with Gasteiger partial charge in [0.15, 0.2) is 0 Å². The number of methoxy groups -OCH3 is 2. The number of ether oxygens (including phenoxy) is 2. The molecule has 1 aromatic heterocycles. The van der Waals surface area contributed by atoms with Crippen molar-refractivity contribution >= 4 is 0 Å². The first kappa shape index (κ1) is 12.5. The van der Waals surface area contributed by atoms with Crippen molar-refractivity contribution in [2.75, 3.05) is 14.2 Å². The molecule has 0 amide bonds. The van der Waals surface area contributed by atoms with E-state index in [9.17, 15) is 0 Å². The van der Waals surface area contributed by atoms with Crippen molar-refractivity contribution in [2.24, 2.45) is 5.73 Å². The summed E-state index contributed by atoms with van der Waals surface area (Å²) in [6.45, 7) is 0. The normalized spacial score (nSPS) is 12.2. The van der Waals surface area contributed by atoms with E-state index in [4.69, 9.17) is 19.6 Å². The molecule has 0 aliphatic carbocycles. The lowest BCUT2D eigenvalue weighted by molar-refractivity contribution is 0.388. The number of hydrogen-bond acceptors (Lipinski definition) is 4. The van der Waals surface area contributed by atoms with E-state index < -0.39 is 0 Å². The van der Waals surface area contributed by atoms with Gasteiger partial charge in [0, 0.05) is 17.7 Å². The third kappa shape index (κ3) is 2.65. The second-order valence-electron chi connectivity index (χ2n) is 4.05. The maximum Gasteiger partial charge on any atom is 0.127 e. The van der Waals surface area contributed by atoms with Crippen molar-refractivity contribution in [1.29, 1.82) is 0 Å². The van der Waals surface area contributed by atoms with Crippen LogP contribution in [0.15, 0.2) is 41.2 Å². The van der Waals surface area contributed by atoms with E-state index in [0.717, 1.165) is 22.6 Å². The average Bonchev–Trinajstić information content (AvgIpc) is 2.90. The lowest BCUT2D eigenvalue weighted by Gasteiger charge is -2.16. The fourth-order valence-corrected chi connectivity index (χ4v) is 1.90. The predicted octanol–water partition coefficient (Wildman–Crippen LogP) is 2.54. The Morgan fingerprint density at radius 2 is 2.06 bits per heavy atom. The molecule has 2 aromatic rings. The van der Waals surface area contributed by atoms with Gasteiger partial charge >= 0.3 is 0 Å². The molecule has 0 radical (unpaired) electrons. The van der Waals surface area contributed by atoms with Gasteiger partial charge in [0.1, 0.15) is 11.5 Å². The highest BCUT2D eigenvalue weighted by molar-refractivity contribution is 5.42. The van der Waals surface area contributed by atoms with E-state index in [1.807, 2.05) is 24.3 Å².